The molecule has 0 bridgehead atoms. The average Bonchev–Trinajstić information content (AvgIpc) is 3.39. The molecule has 4 rings (SSSR count). The number of rotatable bonds is 6. The van der Waals surface area contributed by atoms with Gasteiger partial charge in [0.15, 0.2) is 18.1 Å². The van der Waals surface area contributed by atoms with Gasteiger partial charge in [0.1, 0.15) is 25.1 Å². The summed E-state index contributed by atoms with van der Waals surface area (Å²) < 4.78 is 18.3. The maximum absolute atomic E-state index is 12.6. The molecule has 1 N–H and O–H groups in total. The van der Waals surface area contributed by atoms with Crippen molar-refractivity contribution in [2.75, 3.05) is 25.1 Å². The van der Waals surface area contributed by atoms with Gasteiger partial charge in [0.2, 0.25) is 0 Å². The SMILES string of the molecule is Cc1c(C#N)c(NC(=O)COC(=O)Cc2ccc3c(c2)OCCO3)n(C2CCCC2)c1C. The fourth-order valence-electron chi connectivity index (χ4n) is 4.44. The zero-order valence-corrected chi connectivity index (χ0v) is 18.4. The quantitative estimate of drug-likeness (QED) is 0.693. The third-order valence-corrected chi connectivity index (χ3v) is 6.14. The van der Waals surface area contributed by atoms with Gasteiger partial charge in [0.05, 0.1) is 12.0 Å². The first-order valence-corrected chi connectivity index (χ1v) is 10.9. The maximum Gasteiger partial charge on any atom is 0.310 e. The predicted molar refractivity (Wildman–Crippen MR) is 117 cm³/mol. The van der Waals surface area contributed by atoms with Crippen molar-refractivity contribution in [3.05, 3.63) is 40.6 Å². The minimum atomic E-state index is -0.518. The highest BCUT2D eigenvalue weighted by Crippen LogP contribution is 2.37. The number of benzene rings is 1. The van der Waals surface area contributed by atoms with Gasteiger partial charge in [0, 0.05) is 11.7 Å². The summed E-state index contributed by atoms with van der Waals surface area (Å²) in [6, 6.07) is 7.75. The number of nitrogens with zero attached hydrogens (tertiary/aromatic N) is 2. The number of hydrogen-bond acceptors (Lipinski definition) is 6. The first-order valence-electron chi connectivity index (χ1n) is 10.9. The number of amides is 1. The molecule has 1 aromatic carbocycles. The van der Waals surface area contributed by atoms with Crippen LogP contribution < -0.4 is 14.8 Å². The smallest absolute Gasteiger partial charge is 0.310 e. The van der Waals surface area contributed by atoms with Crippen molar-refractivity contribution in [3.63, 3.8) is 0 Å². The second-order valence-corrected chi connectivity index (χ2v) is 8.22. The van der Waals surface area contributed by atoms with Crippen LogP contribution in [-0.4, -0.2) is 36.3 Å². The van der Waals surface area contributed by atoms with Crippen LogP contribution in [0.15, 0.2) is 18.2 Å². The average molecular weight is 437 g/mol. The fourth-order valence-corrected chi connectivity index (χ4v) is 4.44. The van der Waals surface area contributed by atoms with Gasteiger partial charge in [-0.3, -0.25) is 9.59 Å². The van der Waals surface area contributed by atoms with Crippen LogP contribution in [0, 0.1) is 25.2 Å². The minimum absolute atomic E-state index is 0.0179. The lowest BCUT2D eigenvalue weighted by Gasteiger charge is -2.19. The van der Waals surface area contributed by atoms with Crippen LogP contribution in [0.1, 0.15) is 54.1 Å². The molecule has 1 saturated carbocycles. The number of hydrogen-bond donors (Lipinski definition) is 1. The molecule has 168 valence electrons. The topological polar surface area (TPSA) is 103 Å². The Bertz CT molecular complexity index is 1080. The van der Waals surface area contributed by atoms with E-state index in [1.165, 1.54) is 0 Å². The molecule has 2 heterocycles. The van der Waals surface area contributed by atoms with Crippen LogP contribution in [-0.2, 0) is 20.7 Å². The van der Waals surface area contributed by atoms with Gasteiger partial charge in [-0.1, -0.05) is 18.9 Å². The molecule has 8 nitrogen and oxygen atoms in total. The molecule has 2 aliphatic rings. The molecule has 0 spiro atoms. The van der Waals surface area contributed by atoms with Crippen LogP contribution in [0.3, 0.4) is 0 Å². The summed E-state index contributed by atoms with van der Waals surface area (Å²) >= 11 is 0. The van der Waals surface area contributed by atoms with Gasteiger partial charge < -0.3 is 24.1 Å². The molecule has 1 fully saturated rings. The first kappa shape index (κ1) is 21.8. The third-order valence-electron chi connectivity index (χ3n) is 6.14. The van der Waals surface area contributed by atoms with Crippen molar-refractivity contribution >= 4 is 17.7 Å². The van der Waals surface area contributed by atoms with Crippen molar-refractivity contribution in [2.45, 2.75) is 52.0 Å². The van der Waals surface area contributed by atoms with Gasteiger partial charge in [-0.15, -0.1) is 0 Å². The van der Waals surface area contributed by atoms with Crippen molar-refractivity contribution < 1.29 is 23.8 Å². The van der Waals surface area contributed by atoms with Gasteiger partial charge in [-0.05, 0) is 49.9 Å². The number of nitriles is 1. The Balaban J connectivity index is 1.38. The molecule has 1 aliphatic heterocycles. The molecule has 2 aromatic rings. The van der Waals surface area contributed by atoms with Crippen molar-refractivity contribution in [1.29, 1.82) is 5.26 Å². The summed E-state index contributed by atoms with van der Waals surface area (Å²) in [6.45, 7) is 4.41. The Morgan fingerprint density at radius 2 is 1.91 bits per heavy atom. The van der Waals surface area contributed by atoms with Gasteiger partial charge in [-0.2, -0.15) is 5.26 Å². The van der Waals surface area contributed by atoms with E-state index in [2.05, 4.69) is 16.0 Å². The van der Waals surface area contributed by atoms with Crippen molar-refractivity contribution in [3.8, 4) is 17.6 Å². The van der Waals surface area contributed by atoms with Crippen LogP contribution in [0.5, 0.6) is 11.5 Å². The standard InChI is InChI=1S/C24H27N3O5/c1-15-16(2)27(18-5-3-4-6-18)24(19(15)13-25)26-22(28)14-32-23(29)12-17-7-8-20-21(11-17)31-10-9-30-20/h7-8,11,18H,3-6,9-10,12,14H2,1-2H3,(H,26,28). The lowest BCUT2D eigenvalue weighted by atomic mass is 10.1. The molecular formula is C24H27N3O5. The number of esters is 1. The molecule has 1 aliphatic carbocycles. The van der Waals surface area contributed by atoms with Gasteiger partial charge in [0.25, 0.3) is 5.91 Å². The van der Waals surface area contributed by atoms with Crippen LogP contribution in [0.4, 0.5) is 5.82 Å². The second-order valence-electron chi connectivity index (χ2n) is 8.22. The summed E-state index contributed by atoms with van der Waals surface area (Å²) in [5, 5.41) is 12.5. The Morgan fingerprint density at radius 1 is 1.19 bits per heavy atom. The molecule has 32 heavy (non-hydrogen) atoms. The Labute approximate surface area is 187 Å². The van der Waals surface area contributed by atoms with E-state index in [0.29, 0.717) is 41.7 Å². The minimum Gasteiger partial charge on any atom is -0.486 e. The summed E-state index contributed by atoms with van der Waals surface area (Å²) in [4.78, 5) is 24.8. The summed E-state index contributed by atoms with van der Waals surface area (Å²) in [6.07, 6.45) is 4.33. The molecule has 0 atom stereocenters. The Kier molecular flexibility index (Phi) is 6.35. The predicted octanol–water partition coefficient (Wildman–Crippen LogP) is 3.59. The first-order chi connectivity index (χ1) is 15.5. The summed E-state index contributed by atoms with van der Waals surface area (Å²) in [7, 11) is 0. The summed E-state index contributed by atoms with van der Waals surface area (Å²) in [5.74, 6) is 0.769. The monoisotopic (exact) mass is 437 g/mol. The molecule has 0 saturated heterocycles. The number of carbonyl (C=O) groups is 2. The van der Waals surface area contributed by atoms with Crippen molar-refractivity contribution in [1.82, 2.24) is 4.57 Å². The van der Waals surface area contributed by atoms with Gasteiger partial charge >= 0.3 is 5.97 Å². The van der Waals surface area contributed by atoms with Crippen LogP contribution in [0.25, 0.3) is 0 Å². The number of ether oxygens (including phenoxy) is 3. The number of aromatic nitrogens is 1. The highest BCUT2D eigenvalue weighted by molar-refractivity contribution is 5.94. The Morgan fingerprint density at radius 3 is 2.62 bits per heavy atom. The van der Waals surface area contributed by atoms with E-state index in [1.54, 1.807) is 18.2 Å². The van der Waals surface area contributed by atoms with E-state index in [0.717, 1.165) is 36.9 Å². The van der Waals surface area contributed by atoms with Crippen molar-refractivity contribution in [2.24, 2.45) is 0 Å². The molecule has 1 aromatic heterocycles. The lowest BCUT2D eigenvalue weighted by molar-refractivity contribution is -0.146. The molecule has 0 unspecified atom stereocenters. The normalized spacial score (nSPS) is 15.3. The zero-order chi connectivity index (χ0) is 22.7. The number of carbonyl (C=O) groups excluding carboxylic acids is 2. The maximum atomic E-state index is 12.6. The zero-order valence-electron chi connectivity index (χ0n) is 18.4. The van der Waals surface area contributed by atoms with Crippen LogP contribution >= 0.6 is 0 Å². The van der Waals surface area contributed by atoms with E-state index in [9.17, 15) is 14.9 Å². The number of anilines is 1. The summed E-state index contributed by atoms with van der Waals surface area (Å²) in [5.41, 5.74) is 3.03. The molecule has 1 amide bonds. The highest BCUT2D eigenvalue weighted by atomic mass is 16.6. The van der Waals surface area contributed by atoms with E-state index in [-0.39, 0.29) is 12.5 Å². The largest absolute Gasteiger partial charge is 0.486 e. The lowest BCUT2D eigenvalue weighted by Crippen LogP contribution is -2.24. The fraction of sp³-hybridized carbons (Fsp3) is 0.458. The Hall–Kier alpha value is -3.47. The van der Waals surface area contributed by atoms with Crippen LogP contribution in [0.2, 0.25) is 0 Å². The van der Waals surface area contributed by atoms with E-state index >= 15 is 0 Å². The second kappa shape index (κ2) is 9.35. The number of nitrogens with one attached hydrogen (secondary N) is 1. The molecule has 0 radical (unpaired) electrons. The van der Waals surface area contributed by atoms with Gasteiger partial charge in [-0.25, -0.2) is 0 Å². The third kappa shape index (κ3) is 4.42. The molecular weight excluding hydrogens is 410 g/mol. The molecule has 8 heteroatoms. The highest BCUT2D eigenvalue weighted by Gasteiger charge is 2.27. The van der Waals surface area contributed by atoms with E-state index in [1.807, 2.05) is 13.8 Å². The van der Waals surface area contributed by atoms with E-state index < -0.39 is 18.5 Å². The number of fused-ring (bicyclic) bond motifs is 1. The van der Waals surface area contributed by atoms with E-state index in [4.69, 9.17) is 14.2 Å².